The maximum Gasteiger partial charge on any atom is 0.335 e. The molecule has 21 heavy (non-hydrogen) atoms. The van der Waals surface area contributed by atoms with Crippen LogP contribution in [0, 0.1) is 10.1 Å². The maximum atomic E-state index is 10.8. The van der Waals surface area contributed by atoms with Gasteiger partial charge in [-0.3, -0.25) is 10.1 Å². The van der Waals surface area contributed by atoms with Crippen LogP contribution in [0.1, 0.15) is 15.9 Å². The van der Waals surface area contributed by atoms with Crippen molar-refractivity contribution >= 4 is 17.5 Å². The number of pyridine rings is 1. The predicted molar refractivity (Wildman–Crippen MR) is 76.4 cm³/mol. The van der Waals surface area contributed by atoms with E-state index in [1.165, 1.54) is 24.4 Å². The summed E-state index contributed by atoms with van der Waals surface area (Å²) in [6.07, 6.45) is 1.21. The first kappa shape index (κ1) is 14.4. The monoisotopic (exact) mass is 287 g/mol. The minimum atomic E-state index is -0.966. The molecular weight excluding hydrogens is 274 g/mol. The van der Waals surface area contributed by atoms with E-state index in [1.807, 2.05) is 4.90 Å². The highest BCUT2D eigenvalue weighted by molar-refractivity contribution is 5.87. The second-order valence-corrected chi connectivity index (χ2v) is 4.49. The van der Waals surface area contributed by atoms with Gasteiger partial charge in [0.1, 0.15) is 12.0 Å². The summed E-state index contributed by atoms with van der Waals surface area (Å²) in [4.78, 5) is 26.7. The molecule has 2 aromatic rings. The second-order valence-electron chi connectivity index (χ2n) is 4.49. The molecule has 0 saturated heterocycles. The lowest BCUT2D eigenvalue weighted by Crippen LogP contribution is -2.17. The van der Waals surface area contributed by atoms with Crippen LogP contribution in [-0.4, -0.2) is 28.0 Å². The van der Waals surface area contributed by atoms with Crippen LogP contribution in [0.4, 0.5) is 11.5 Å². The highest BCUT2D eigenvalue weighted by Crippen LogP contribution is 2.16. The molecule has 0 spiro atoms. The van der Waals surface area contributed by atoms with Crippen molar-refractivity contribution in [2.75, 3.05) is 11.9 Å². The Labute approximate surface area is 120 Å². The molecule has 1 heterocycles. The topological polar surface area (TPSA) is 96.6 Å². The summed E-state index contributed by atoms with van der Waals surface area (Å²) in [5.41, 5.74) is 1.09. The molecule has 1 aromatic heterocycles. The molecule has 7 heteroatoms. The van der Waals surface area contributed by atoms with Crippen LogP contribution in [-0.2, 0) is 6.54 Å². The number of hydrogen-bond acceptors (Lipinski definition) is 5. The quantitative estimate of drug-likeness (QED) is 0.669. The summed E-state index contributed by atoms with van der Waals surface area (Å²) in [6, 6.07) is 9.50. The zero-order valence-electron chi connectivity index (χ0n) is 11.3. The van der Waals surface area contributed by atoms with Crippen LogP contribution in [0.15, 0.2) is 42.6 Å². The average molecular weight is 287 g/mol. The van der Waals surface area contributed by atoms with Gasteiger partial charge in [-0.1, -0.05) is 12.1 Å². The molecule has 0 aliphatic carbocycles. The van der Waals surface area contributed by atoms with Crippen LogP contribution in [0.25, 0.3) is 0 Å². The first-order chi connectivity index (χ1) is 9.97. The average Bonchev–Trinajstić information content (AvgIpc) is 2.47. The predicted octanol–water partition coefficient (Wildman–Crippen LogP) is 2.32. The van der Waals surface area contributed by atoms with Crippen molar-refractivity contribution in [3.8, 4) is 0 Å². The number of nitro groups is 1. The zero-order chi connectivity index (χ0) is 15.4. The smallest absolute Gasteiger partial charge is 0.335 e. The number of benzene rings is 1. The van der Waals surface area contributed by atoms with Crippen LogP contribution >= 0.6 is 0 Å². The van der Waals surface area contributed by atoms with Gasteiger partial charge >= 0.3 is 5.97 Å². The largest absolute Gasteiger partial charge is 0.478 e. The van der Waals surface area contributed by atoms with E-state index in [0.29, 0.717) is 12.4 Å². The fourth-order valence-electron chi connectivity index (χ4n) is 1.82. The molecule has 0 unspecified atom stereocenters. The van der Waals surface area contributed by atoms with Crippen molar-refractivity contribution in [3.63, 3.8) is 0 Å². The summed E-state index contributed by atoms with van der Waals surface area (Å²) in [6.45, 7) is 0.519. The second kappa shape index (κ2) is 6.00. The number of anilines is 1. The lowest BCUT2D eigenvalue weighted by Gasteiger charge is -2.17. The SMILES string of the molecule is CN(Cc1ccc(C(=O)O)cc1)c1ccc([N+](=O)[O-])cn1. The van der Waals surface area contributed by atoms with E-state index in [9.17, 15) is 14.9 Å². The van der Waals surface area contributed by atoms with Gasteiger partial charge in [-0.05, 0) is 23.8 Å². The number of hydrogen-bond donors (Lipinski definition) is 1. The molecule has 1 aromatic carbocycles. The fourth-order valence-corrected chi connectivity index (χ4v) is 1.82. The summed E-state index contributed by atoms with van der Waals surface area (Å²) in [5.74, 6) is -0.366. The van der Waals surface area contributed by atoms with Gasteiger partial charge in [0.05, 0.1) is 10.5 Å². The summed E-state index contributed by atoms with van der Waals surface area (Å²) in [7, 11) is 1.80. The molecule has 0 atom stereocenters. The number of carbonyl (C=O) groups is 1. The molecule has 0 saturated carbocycles. The van der Waals surface area contributed by atoms with Crippen LogP contribution in [0.3, 0.4) is 0 Å². The Morgan fingerprint density at radius 1 is 1.29 bits per heavy atom. The molecule has 108 valence electrons. The van der Waals surface area contributed by atoms with Crippen LogP contribution < -0.4 is 4.90 Å². The number of aromatic carboxylic acids is 1. The Kier molecular flexibility index (Phi) is 4.13. The Morgan fingerprint density at radius 2 is 1.95 bits per heavy atom. The molecule has 0 aliphatic heterocycles. The van der Waals surface area contributed by atoms with Gasteiger partial charge in [0, 0.05) is 19.7 Å². The molecule has 0 aliphatic rings. The van der Waals surface area contributed by atoms with Gasteiger partial charge < -0.3 is 10.0 Å². The Morgan fingerprint density at radius 3 is 2.43 bits per heavy atom. The first-order valence-corrected chi connectivity index (χ1v) is 6.11. The minimum absolute atomic E-state index is 0.0574. The minimum Gasteiger partial charge on any atom is -0.478 e. The van der Waals surface area contributed by atoms with Crippen molar-refractivity contribution in [1.82, 2.24) is 4.98 Å². The Hall–Kier alpha value is -2.96. The van der Waals surface area contributed by atoms with Gasteiger partial charge in [0.2, 0.25) is 0 Å². The Balaban J connectivity index is 2.08. The number of carboxylic acid groups (broad SMARTS) is 1. The normalized spacial score (nSPS) is 10.1. The van der Waals surface area contributed by atoms with E-state index < -0.39 is 10.9 Å². The summed E-state index contributed by atoms with van der Waals surface area (Å²) >= 11 is 0. The van der Waals surface area contributed by atoms with E-state index >= 15 is 0 Å². The maximum absolute atomic E-state index is 10.8. The third kappa shape index (κ3) is 3.53. The van der Waals surface area contributed by atoms with Gasteiger partial charge in [-0.15, -0.1) is 0 Å². The first-order valence-electron chi connectivity index (χ1n) is 6.11. The third-order valence-electron chi connectivity index (χ3n) is 2.95. The van der Waals surface area contributed by atoms with E-state index in [-0.39, 0.29) is 11.3 Å². The molecule has 0 radical (unpaired) electrons. The molecule has 0 amide bonds. The van der Waals surface area contributed by atoms with E-state index in [2.05, 4.69) is 4.98 Å². The highest BCUT2D eigenvalue weighted by Gasteiger charge is 2.09. The number of rotatable bonds is 5. The van der Waals surface area contributed by atoms with E-state index in [1.54, 1.807) is 25.2 Å². The Bertz CT molecular complexity index is 653. The lowest BCUT2D eigenvalue weighted by atomic mass is 10.1. The zero-order valence-corrected chi connectivity index (χ0v) is 11.3. The number of aromatic nitrogens is 1. The molecule has 7 nitrogen and oxygen atoms in total. The van der Waals surface area contributed by atoms with Gasteiger partial charge in [0.25, 0.3) is 5.69 Å². The molecular formula is C14H13N3O4. The van der Waals surface area contributed by atoms with Crippen molar-refractivity contribution in [2.45, 2.75) is 6.54 Å². The standard InChI is InChI=1S/C14H13N3O4/c1-16(13-7-6-12(8-15-13)17(20)21)9-10-2-4-11(5-3-10)14(18)19/h2-8H,9H2,1H3,(H,18,19). The van der Waals surface area contributed by atoms with Gasteiger partial charge in [-0.25, -0.2) is 9.78 Å². The fraction of sp³-hybridized carbons (Fsp3) is 0.143. The van der Waals surface area contributed by atoms with Gasteiger partial charge in [0.15, 0.2) is 0 Å². The summed E-state index contributed by atoms with van der Waals surface area (Å²) < 4.78 is 0. The van der Waals surface area contributed by atoms with Crippen molar-refractivity contribution < 1.29 is 14.8 Å². The molecule has 0 fully saturated rings. The van der Waals surface area contributed by atoms with Crippen molar-refractivity contribution in [2.24, 2.45) is 0 Å². The van der Waals surface area contributed by atoms with E-state index in [4.69, 9.17) is 5.11 Å². The highest BCUT2D eigenvalue weighted by atomic mass is 16.6. The number of carboxylic acids is 1. The lowest BCUT2D eigenvalue weighted by molar-refractivity contribution is -0.385. The molecule has 2 rings (SSSR count). The van der Waals surface area contributed by atoms with E-state index in [0.717, 1.165) is 5.56 Å². The van der Waals surface area contributed by atoms with Crippen molar-refractivity contribution in [1.29, 1.82) is 0 Å². The van der Waals surface area contributed by atoms with Crippen LogP contribution in [0.5, 0.6) is 0 Å². The molecule has 1 N–H and O–H groups in total. The van der Waals surface area contributed by atoms with Crippen LogP contribution in [0.2, 0.25) is 0 Å². The van der Waals surface area contributed by atoms with Crippen molar-refractivity contribution in [3.05, 3.63) is 63.8 Å². The number of nitrogens with zero attached hydrogens (tertiary/aromatic N) is 3. The third-order valence-corrected chi connectivity index (χ3v) is 2.95. The summed E-state index contributed by atoms with van der Waals surface area (Å²) in [5, 5.41) is 19.4. The molecule has 0 bridgehead atoms. The van der Waals surface area contributed by atoms with Gasteiger partial charge in [-0.2, -0.15) is 0 Å².